The van der Waals surface area contributed by atoms with E-state index in [1.807, 2.05) is 13.0 Å². The molecule has 3 rings (SSSR count). The molecular weight excluding hydrogens is 526 g/mol. The van der Waals surface area contributed by atoms with E-state index in [0.29, 0.717) is 30.7 Å². The van der Waals surface area contributed by atoms with Gasteiger partial charge in [0.2, 0.25) is 5.88 Å². The third-order valence-electron chi connectivity index (χ3n) is 4.51. The van der Waals surface area contributed by atoms with Gasteiger partial charge < -0.3 is 20.5 Å². The molecule has 0 amide bonds. The molecule has 3 N–H and O–H groups in total. The number of aryl methyl sites for hydroxylation is 1. The number of ether oxygens (including phenoxy) is 1. The number of aliphatic imine (C=N–C) groups is 1. The standard InChI is InChI=1S/C22H27FN6O2.HI/c1-4-24-21(27-15-22(2,30)17-13-28-29(3)14-17)26-12-16-8-9-20(25-11-16)31-19-7-5-6-18(23)10-19;/h5-11,13-14,30H,4,12,15H2,1-3H3,(H2,24,26,27);1H. The molecule has 0 spiro atoms. The summed E-state index contributed by atoms with van der Waals surface area (Å²) < 4.78 is 20.5. The molecule has 0 aliphatic carbocycles. The number of nitrogens with one attached hydrogen (secondary N) is 2. The minimum atomic E-state index is -1.10. The highest BCUT2D eigenvalue weighted by Crippen LogP contribution is 2.20. The SMILES string of the molecule is CCNC(=NCc1ccc(Oc2cccc(F)c2)nc1)NCC(C)(O)c1cnn(C)c1.I. The summed E-state index contributed by atoms with van der Waals surface area (Å²) in [6, 6.07) is 9.46. The van der Waals surface area contributed by atoms with Crippen molar-refractivity contribution >= 4 is 29.9 Å². The first-order valence-corrected chi connectivity index (χ1v) is 9.98. The Morgan fingerprint density at radius 2 is 2.06 bits per heavy atom. The van der Waals surface area contributed by atoms with Crippen molar-refractivity contribution in [3.8, 4) is 11.6 Å². The summed E-state index contributed by atoms with van der Waals surface area (Å²) in [4.78, 5) is 8.79. The Labute approximate surface area is 204 Å². The Hall–Kier alpha value is -2.73. The second kappa shape index (κ2) is 11.8. The van der Waals surface area contributed by atoms with E-state index in [4.69, 9.17) is 4.74 Å². The first kappa shape index (κ1) is 25.5. The van der Waals surface area contributed by atoms with Crippen LogP contribution in [0, 0.1) is 5.82 Å². The first-order chi connectivity index (χ1) is 14.9. The van der Waals surface area contributed by atoms with Crippen LogP contribution < -0.4 is 15.4 Å². The van der Waals surface area contributed by atoms with E-state index >= 15 is 0 Å². The van der Waals surface area contributed by atoms with Crippen molar-refractivity contribution in [3.63, 3.8) is 0 Å². The summed E-state index contributed by atoms with van der Waals surface area (Å²) in [5.74, 6) is 0.967. The fraction of sp³-hybridized carbons (Fsp3) is 0.318. The lowest BCUT2D eigenvalue weighted by Crippen LogP contribution is -2.44. The maximum atomic E-state index is 13.3. The molecule has 2 aromatic heterocycles. The zero-order valence-electron chi connectivity index (χ0n) is 18.2. The number of guanidine groups is 1. The van der Waals surface area contributed by atoms with Gasteiger partial charge in [0.15, 0.2) is 5.96 Å². The Balaban J connectivity index is 0.00000363. The van der Waals surface area contributed by atoms with E-state index in [1.165, 1.54) is 12.1 Å². The van der Waals surface area contributed by atoms with Crippen molar-refractivity contribution < 1.29 is 14.2 Å². The number of pyridine rings is 1. The van der Waals surface area contributed by atoms with E-state index in [9.17, 15) is 9.50 Å². The highest BCUT2D eigenvalue weighted by molar-refractivity contribution is 14.0. The second-order valence-corrected chi connectivity index (χ2v) is 7.29. The number of halogens is 2. The number of aliphatic hydroxyl groups is 1. The lowest BCUT2D eigenvalue weighted by atomic mass is 10.00. The maximum Gasteiger partial charge on any atom is 0.219 e. The van der Waals surface area contributed by atoms with Crippen LogP contribution in [-0.2, 0) is 19.2 Å². The predicted octanol–water partition coefficient (Wildman–Crippen LogP) is 3.33. The molecule has 0 saturated heterocycles. The monoisotopic (exact) mass is 554 g/mol. The fourth-order valence-corrected chi connectivity index (χ4v) is 2.79. The summed E-state index contributed by atoms with van der Waals surface area (Å²) in [7, 11) is 1.81. The number of aromatic nitrogens is 3. The van der Waals surface area contributed by atoms with E-state index in [2.05, 4.69) is 25.7 Å². The van der Waals surface area contributed by atoms with Crippen molar-refractivity contribution in [1.29, 1.82) is 0 Å². The van der Waals surface area contributed by atoms with Crippen LogP contribution in [0.1, 0.15) is 25.0 Å². The third kappa shape index (κ3) is 7.45. The van der Waals surface area contributed by atoms with Gasteiger partial charge in [0.05, 0.1) is 19.3 Å². The Morgan fingerprint density at radius 3 is 2.69 bits per heavy atom. The first-order valence-electron chi connectivity index (χ1n) is 9.98. The van der Waals surface area contributed by atoms with Crippen LogP contribution in [-0.4, -0.2) is 38.9 Å². The minimum Gasteiger partial charge on any atom is -0.439 e. The molecule has 2 heterocycles. The summed E-state index contributed by atoms with van der Waals surface area (Å²) in [6.07, 6.45) is 5.09. The van der Waals surface area contributed by atoms with E-state index in [-0.39, 0.29) is 36.3 Å². The molecule has 0 saturated carbocycles. The molecule has 3 aromatic rings. The molecule has 0 aliphatic rings. The lowest BCUT2D eigenvalue weighted by Gasteiger charge is -2.23. The number of hydrogen-bond acceptors (Lipinski definition) is 5. The molecule has 1 atom stereocenters. The molecule has 172 valence electrons. The smallest absolute Gasteiger partial charge is 0.219 e. The highest BCUT2D eigenvalue weighted by atomic mass is 127. The topological polar surface area (TPSA) is 96.6 Å². The molecule has 1 aromatic carbocycles. The summed E-state index contributed by atoms with van der Waals surface area (Å²) in [6.45, 7) is 5.03. The Kier molecular flexibility index (Phi) is 9.39. The molecule has 1 unspecified atom stereocenters. The molecule has 0 aliphatic heterocycles. The molecule has 10 heteroatoms. The van der Waals surface area contributed by atoms with Crippen LogP contribution in [0.3, 0.4) is 0 Å². The van der Waals surface area contributed by atoms with Gasteiger partial charge >= 0.3 is 0 Å². The van der Waals surface area contributed by atoms with Crippen LogP contribution in [0.5, 0.6) is 11.6 Å². The second-order valence-electron chi connectivity index (χ2n) is 7.29. The van der Waals surface area contributed by atoms with Crippen LogP contribution >= 0.6 is 24.0 Å². The van der Waals surface area contributed by atoms with Crippen molar-refractivity contribution in [2.75, 3.05) is 13.1 Å². The highest BCUT2D eigenvalue weighted by Gasteiger charge is 2.25. The van der Waals surface area contributed by atoms with Gasteiger partial charge in [-0.25, -0.2) is 14.4 Å². The zero-order valence-corrected chi connectivity index (χ0v) is 20.6. The van der Waals surface area contributed by atoms with E-state index in [0.717, 1.165) is 11.1 Å². The third-order valence-corrected chi connectivity index (χ3v) is 4.51. The van der Waals surface area contributed by atoms with Gasteiger partial charge in [0.1, 0.15) is 17.2 Å². The average Bonchev–Trinajstić information content (AvgIpc) is 3.19. The van der Waals surface area contributed by atoms with Crippen LogP contribution in [0.4, 0.5) is 4.39 Å². The molecule has 8 nitrogen and oxygen atoms in total. The quantitative estimate of drug-likeness (QED) is 0.225. The average molecular weight is 554 g/mol. The van der Waals surface area contributed by atoms with Crippen LogP contribution in [0.2, 0.25) is 0 Å². The fourth-order valence-electron chi connectivity index (χ4n) is 2.79. The predicted molar refractivity (Wildman–Crippen MR) is 132 cm³/mol. The Bertz CT molecular complexity index is 1020. The zero-order chi connectivity index (χ0) is 22.3. The van der Waals surface area contributed by atoms with E-state index in [1.54, 1.807) is 55.4 Å². The van der Waals surface area contributed by atoms with Crippen molar-refractivity contribution in [3.05, 3.63) is 71.9 Å². The molecular formula is C22H28FIN6O2. The minimum absolute atomic E-state index is 0. The number of benzene rings is 1. The molecule has 0 fully saturated rings. The summed E-state index contributed by atoms with van der Waals surface area (Å²) in [5.41, 5.74) is 0.501. The molecule has 0 radical (unpaired) electrons. The van der Waals surface area contributed by atoms with Gasteiger partial charge in [-0.05, 0) is 31.5 Å². The van der Waals surface area contributed by atoms with Crippen molar-refractivity contribution in [1.82, 2.24) is 25.4 Å². The number of hydrogen-bond donors (Lipinski definition) is 3. The van der Waals surface area contributed by atoms with Gasteiger partial charge in [0.25, 0.3) is 0 Å². The van der Waals surface area contributed by atoms with Gasteiger partial charge in [-0.2, -0.15) is 5.10 Å². The maximum absolute atomic E-state index is 13.3. The lowest BCUT2D eigenvalue weighted by molar-refractivity contribution is 0.0616. The van der Waals surface area contributed by atoms with Gasteiger partial charge in [-0.1, -0.05) is 12.1 Å². The van der Waals surface area contributed by atoms with Crippen molar-refractivity contribution in [2.45, 2.75) is 26.0 Å². The largest absolute Gasteiger partial charge is 0.439 e. The van der Waals surface area contributed by atoms with Gasteiger partial charge in [-0.15, -0.1) is 24.0 Å². The number of rotatable bonds is 8. The normalized spacial score (nSPS) is 13.1. The van der Waals surface area contributed by atoms with Crippen LogP contribution in [0.15, 0.2) is 60.0 Å². The van der Waals surface area contributed by atoms with Gasteiger partial charge in [-0.3, -0.25) is 4.68 Å². The Morgan fingerprint density at radius 1 is 1.25 bits per heavy atom. The summed E-state index contributed by atoms with van der Waals surface area (Å²) >= 11 is 0. The van der Waals surface area contributed by atoms with E-state index < -0.39 is 5.60 Å². The van der Waals surface area contributed by atoms with Crippen LogP contribution in [0.25, 0.3) is 0 Å². The van der Waals surface area contributed by atoms with Crippen molar-refractivity contribution in [2.24, 2.45) is 12.0 Å². The van der Waals surface area contributed by atoms with Gasteiger partial charge in [0, 0.05) is 43.7 Å². The molecule has 0 bridgehead atoms. The molecule has 32 heavy (non-hydrogen) atoms. The summed E-state index contributed by atoms with van der Waals surface area (Å²) in [5, 5.41) is 21.1. The number of nitrogens with zero attached hydrogens (tertiary/aromatic N) is 4.